The summed E-state index contributed by atoms with van der Waals surface area (Å²) in [6.07, 6.45) is 0. The topological polar surface area (TPSA) is 70.5 Å². The summed E-state index contributed by atoms with van der Waals surface area (Å²) in [5, 5.41) is 13.8. The van der Waals surface area contributed by atoms with Gasteiger partial charge in [-0.1, -0.05) is 6.07 Å². The number of hydrogen-bond donors (Lipinski definition) is 2. The maximum Gasteiger partial charge on any atom is 0.113 e. The second-order valence-electron chi connectivity index (χ2n) is 5.71. The largest absolute Gasteiger partial charge is 0.385 e. The molecular formula is C14H20N4O2S. The molecule has 1 aliphatic rings. The number of hydrogen-bond acceptors (Lipinski definition) is 7. The molecule has 0 unspecified atom stereocenters. The lowest BCUT2D eigenvalue weighted by molar-refractivity contribution is -0.0461. The van der Waals surface area contributed by atoms with Crippen molar-refractivity contribution in [2.45, 2.75) is 12.1 Å². The van der Waals surface area contributed by atoms with Gasteiger partial charge in [0.1, 0.15) is 16.6 Å². The van der Waals surface area contributed by atoms with E-state index in [4.69, 9.17) is 4.74 Å². The van der Waals surface area contributed by atoms with Crippen molar-refractivity contribution in [3.8, 4) is 0 Å². The Morgan fingerprint density at radius 2 is 2.29 bits per heavy atom. The molecule has 0 radical (unpaired) electrons. The van der Waals surface area contributed by atoms with Gasteiger partial charge in [-0.05, 0) is 24.7 Å². The molecule has 2 heterocycles. The molecule has 1 aromatic carbocycles. The summed E-state index contributed by atoms with van der Waals surface area (Å²) in [5.74, 6) is 0. The fourth-order valence-electron chi connectivity index (χ4n) is 2.68. The summed E-state index contributed by atoms with van der Waals surface area (Å²) in [7, 11) is 2.01. The maximum atomic E-state index is 10.6. The molecule has 1 aliphatic heterocycles. The van der Waals surface area contributed by atoms with Crippen LogP contribution < -0.4 is 5.32 Å². The fourth-order valence-corrected chi connectivity index (χ4v) is 3.19. The second kappa shape index (κ2) is 6.33. The van der Waals surface area contributed by atoms with E-state index in [9.17, 15) is 5.11 Å². The number of rotatable bonds is 4. The van der Waals surface area contributed by atoms with Crippen LogP contribution in [-0.2, 0) is 11.3 Å². The third kappa shape index (κ3) is 3.75. The SMILES string of the molecule is CN(Cc1ccc2nsnc2c1)C[C@]1(O)CNCCOC1. The minimum atomic E-state index is -0.836. The van der Waals surface area contributed by atoms with Gasteiger partial charge in [0.15, 0.2) is 0 Å². The molecular weight excluding hydrogens is 288 g/mol. The van der Waals surface area contributed by atoms with Gasteiger partial charge >= 0.3 is 0 Å². The Kier molecular flexibility index (Phi) is 4.46. The monoisotopic (exact) mass is 308 g/mol. The van der Waals surface area contributed by atoms with Crippen LogP contribution >= 0.6 is 11.7 Å². The Morgan fingerprint density at radius 3 is 3.19 bits per heavy atom. The maximum absolute atomic E-state index is 10.6. The van der Waals surface area contributed by atoms with Crippen LogP contribution in [-0.4, -0.2) is 64.3 Å². The zero-order chi connectivity index (χ0) is 14.7. The van der Waals surface area contributed by atoms with Crippen molar-refractivity contribution in [2.75, 3.05) is 39.9 Å². The van der Waals surface area contributed by atoms with E-state index < -0.39 is 5.60 Å². The Morgan fingerprint density at radius 1 is 1.43 bits per heavy atom. The van der Waals surface area contributed by atoms with E-state index in [-0.39, 0.29) is 0 Å². The first-order valence-electron chi connectivity index (χ1n) is 7.05. The van der Waals surface area contributed by atoms with Crippen molar-refractivity contribution in [3.63, 3.8) is 0 Å². The quantitative estimate of drug-likeness (QED) is 0.856. The van der Waals surface area contributed by atoms with Gasteiger partial charge in [-0.3, -0.25) is 4.90 Å². The molecule has 1 fully saturated rings. The minimum absolute atomic E-state index is 0.374. The normalized spacial score (nSPS) is 23.6. The van der Waals surface area contributed by atoms with E-state index in [1.54, 1.807) is 0 Å². The number of likely N-dealkylation sites (N-methyl/N-ethyl adjacent to an activating group) is 1. The molecule has 0 aliphatic carbocycles. The number of β-amino-alcohol motifs (C(OH)–C–C–N with tert-alkyl or cyclic N) is 1. The van der Waals surface area contributed by atoms with Crippen LogP contribution in [0.4, 0.5) is 0 Å². The smallest absolute Gasteiger partial charge is 0.113 e. The van der Waals surface area contributed by atoms with Gasteiger partial charge in [-0.15, -0.1) is 0 Å². The standard InChI is InChI=1S/C14H20N4O2S/c1-18(9-14(19)8-15-4-5-20-10-14)7-11-2-3-12-13(6-11)17-21-16-12/h2-3,6,15,19H,4-5,7-10H2,1H3/t14-/m1/s1. The Hall–Kier alpha value is -1.12. The van der Waals surface area contributed by atoms with E-state index in [2.05, 4.69) is 31.1 Å². The molecule has 114 valence electrons. The molecule has 2 N–H and O–H groups in total. The highest BCUT2D eigenvalue weighted by molar-refractivity contribution is 7.00. The lowest BCUT2D eigenvalue weighted by Gasteiger charge is -2.30. The van der Waals surface area contributed by atoms with Gasteiger partial charge in [0, 0.05) is 26.2 Å². The predicted molar refractivity (Wildman–Crippen MR) is 82.4 cm³/mol. The molecule has 0 amide bonds. The van der Waals surface area contributed by atoms with E-state index in [0.717, 1.165) is 24.1 Å². The predicted octanol–water partition coefficient (Wildman–Crippen LogP) is 0.474. The number of fused-ring (bicyclic) bond motifs is 1. The van der Waals surface area contributed by atoms with Crippen molar-refractivity contribution in [3.05, 3.63) is 23.8 Å². The molecule has 7 heteroatoms. The van der Waals surface area contributed by atoms with Crippen LogP contribution in [0.2, 0.25) is 0 Å². The summed E-state index contributed by atoms with van der Waals surface area (Å²) in [6.45, 7) is 3.70. The lowest BCUT2D eigenvalue weighted by Crippen LogP contribution is -2.50. The summed E-state index contributed by atoms with van der Waals surface area (Å²) in [5.41, 5.74) is 2.21. The molecule has 3 rings (SSSR count). The van der Waals surface area contributed by atoms with Crippen molar-refractivity contribution < 1.29 is 9.84 Å². The number of aliphatic hydroxyl groups is 1. The number of nitrogens with zero attached hydrogens (tertiary/aromatic N) is 3. The summed E-state index contributed by atoms with van der Waals surface area (Å²) < 4.78 is 13.9. The molecule has 21 heavy (non-hydrogen) atoms. The van der Waals surface area contributed by atoms with Gasteiger partial charge < -0.3 is 15.2 Å². The highest BCUT2D eigenvalue weighted by Gasteiger charge is 2.30. The molecule has 1 atom stereocenters. The number of aromatic nitrogens is 2. The van der Waals surface area contributed by atoms with E-state index >= 15 is 0 Å². The van der Waals surface area contributed by atoms with Crippen molar-refractivity contribution >= 4 is 22.8 Å². The van der Waals surface area contributed by atoms with Gasteiger partial charge in [0.25, 0.3) is 0 Å². The zero-order valence-electron chi connectivity index (χ0n) is 12.1. The van der Waals surface area contributed by atoms with Gasteiger partial charge in [-0.25, -0.2) is 0 Å². The first-order chi connectivity index (χ1) is 10.1. The average molecular weight is 308 g/mol. The molecule has 6 nitrogen and oxygen atoms in total. The van der Waals surface area contributed by atoms with Crippen LogP contribution in [0.5, 0.6) is 0 Å². The molecule has 2 aromatic rings. The van der Waals surface area contributed by atoms with E-state index in [0.29, 0.717) is 26.3 Å². The molecule has 1 aromatic heterocycles. The zero-order valence-corrected chi connectivity index (χ0v) is 12.9. The van der Waals surface area contributed by atoms with Crippen LogP contribution in [0.25, 0.3) is 11.0 Å². The van der Waals surface area contributed by atoms with E-state index in [1.165, 1.54) is 17.3 Å². The van der Waals surface area contributed by atoms with Gasteiger partial charge in [0.05, 0.1) is 24.9 Å². The van der Waals surface area contributed by atoms with Crippen molar-refractivity contribution in [1.29, 1.82) is 0 Å². The van der Waals surface area contributed by atoms with Crippen molar-refractivity contribution in [2.24, 2.45) is 0 Å². The van der Waals surface area contributed by atoms with Gasteiger partial charge in [-0.2, -0.15) is 8.75 Å². The number of benzene rings is 1. The van der Waals surface area contributed by atoms with Crippen LogP contribution in [0.1, 0.15) is 5.56 Å². The highest BCUT2D eigenvalue weighted by atomic mass is 32.1. The number of nitrogens with one attached hydrogen (secondary N) is 1. The average Bonchev–Trinajstić information content (AvgIpc) is 2.80. The highest BCUT2D eigenvalue weighted by Crippen LogP contribution is 2.16. The summed E-state index contributed by atoms with van der Waals surface area (Å²) in [4.78, 5) is 2.11. The molecule has 1 saturated heterocycles. The lowest BCUT2D eigenvalue weighted by atomic mass is 10.0. The minimum Gasteiger partial charge on any atom is -0.385 e. The first kappa shape index (κ1) is 14.8. The third-order valence-electron chi connectivity index (χ3n) is 3.58. The van der Waals surface area contributed by atoms with Gasteiger partial charge in [0.2, 0.25) is 0 Å². The first-order valence-corrected chi connectivity index (χ1v) is 7.78. The Bertz CT molecular complexity index is 595. The van der Waals surface area contributed by atoms with E-state index in [1.807, 2.05) is 13.1 Å². The Balaban J connectivity index is 1.63. The van der Waals surface area contributed by atoms with Crippen LogP contribution in [0.15, 0.2) is 18.2 Å². The Labute approximate surface area is 128 Å². The molecule has 0 bridgehead atoms. The number of ether oxygens (including phenoxy) is 1. The van der Waals surface area contributed by atoms with Crippen LogP contribution in [0.3, 0.4) is 0 Å². The molecule has 0 spiro atoms. The van der Waals surface area contributed by atoms with Crippen molar-refractivity contribution in [1.82, 2.24) is 19.0 Å². The molecule has 0 saturated carbocycles. The summed E-state index contributed by atoms with van der Waals surface area (Å²) in [6, 6.07) is 6.11. The third-order valence-corrected chi connectivity index (χ3v) is 4.14. The fraction of sp³-hybridized carbons (Fsp3) is 0.571. The van der Waals surface area contributed by atoms with Crippen LogP contribution in [0, 0.1) is 0 Å². The second-order valence-corrected chi connectivity index (χ2v) is 6.24. The summed E-state index contributed by atoms with van der Waals surface area (Å²) >= 11 is 1.23.